The summed E-state index contributed by atoms with van der Waals surface area (Å²) < 4.78 is 10.1. The van der Waals surface area contributed by atoms with Crippen molar-refractivity contribution in [2.75, 3.05) is 0 Å². The first kappa shape index (κ1) is 22.4. The molecule has 0 amide bonds. The SMILES string of the molecule is CCCCCCCCCCC(=O)C1(O)[C@H](OC(C)=O)C=C[C@H]1OC(C)=O. The number of Topliss-reactive ketones (excluding diaryl/α,β-unsaturated/α-hetero) is 1. The van der Waals surface area contributed by atoms with Gasteiger partial charge in [0.1, 0.15) is 0 Å². The number of rotatable bonds is 12. The zero-order valence-electron chi connectivity index (χ0n) is 16.2. The Labute approximate surface area is 155 Å². The fourth-order valence-electron chi connectivity index (χ4n) is 3.21. The largest absolute Gasteiger partial charge is 0.455 e. The highest BCUT2D eigenvalue weighted by Crippen LogP contribution is 2.32. The van der Waals surface area contributed by atoms with E-state index in [4.69, 9.17) is 9.47 Å². The second-order valence-electron chi connectivity index (χ2n) is 6.92. The summed E-state index contributed by atoms with van der Waals surface area (Å²) in [7, 11) is 0. The van der Waals surface area contributed by atoms with Gasteiger partial charge in [-0.25, -0.2) is 0 Å². The summed E-state index contributed by atoms with van der Waals surface area (Å²) in [6.07, 6.45) is 9.36. The zero-order chi connectivity index (χ0) is 19.6. The summed E-state index contributed by atoms with van der Waals surface area (Å²) in [5.74, 6) is -1.69. The van der Waals surface area contributed by atoms with E-state index < -0.39 is 35.5 Å². The molecule has 0 unspecified atom stereocenters. The van der Waals surface area contributed by atoms with Crippen LogP contribution in [0.5, 0.6) is 0 Å². The second kappa shape index (κ2) is 11.1. The Balaban J connectivity index is 2.54. The van der Waals surface area contributed by atoms with E-state index in [9.17, 15) is 19.5 Å². The normalized spacial score (nSPS) is 20.8. The number of ketones is 1. The fraction of sp³-hybridized carbons (Fsp3) is 0.750. The summed E-state index contributed by atoms with van der Waals surface area (Å²) in [6.45, 7) is 4.59. The number of ether oxygens (including phenoxy) is 2. The lowest BCUT2D eigenvalue weighted by Gasteiger charge is -2.32. The Morgan fingerprint density at radius 3 is 1.69 bits per heavy atom. The highest BCUT2D eigenvalue weighted by Gasteiger charge is 2.55. The van der Waals surface area contributed by atoms with Gasteiger partial charge in [0.15, 0.2) is 18.0 Å². The highest BCUT2D eigenvalue weighted by molar-refractivity contribution is 5.90. The minimum atomic E-state index is -2.04. The molecule has 0 aromatic carbocycles. The first-order valence-electron chi connectivity index (χ1n) is 9.60. The number of hydrogen-bond acceptors (Lipinski definition) is 6. The van der Waals surface area contributed by atoms with E-state index >= 15 is 0 Å². The Bertz CT molecular complexity index is 484. The third-order valence-corrected chi connectivity index (χ3v) is 4.62. The van der Waals surface area contributed by atoms with Crippen LogP contribution in [-0.4, -0.2) is 40.6 Å². The van der Waals surface area contributed by atoms with Gasteiger partial charge in [0.05, 0.1) is 0 Å². The highest BCUT2D eigenvalue weighted by atomic mass is 16.6. The van der Waals surface area contributed by atoms with Crippen LogP contribution in [0.4, 0.5) is 0 Å². The van der Waals surface area contributed by atoms with Crippen LogP contribution in [0.1, 0.15) is 78.6 Å². The van der Waals surface area contributed by atoms with Crippen molar-refractivity contribution in [1.29, 1.82) is 0 Å². The van der Waals surface area contributed by atoms with Gasteiger partial charge in [-0.05, 0) is 18.6 Å². The molecule has 26 heavy (non-hydrogen) atoms. The first-order chi connectivity index (χ1) is 12.3. The molecule has 1 aliphatic carbocycles. The molecule has 0 aromatic heterocycles. The van der Waals surface area contributed by atoms with Crippen molar-refractivity contribution in [1.82, 2.24) is 0 Å². The molecule has 1 aliphatic rings. The fourth-order valence-corrected chi connectivity index (χ4v) is 3.21. The van der Waals surface area contributed by atoms with E-state index in [0.29, 0.717) is 6.42 Å². The van der Waals surface area contributed by atoms with Gasteiger partial charge in [0, 0.05) is 20.3 Å². The lowest BCUT2D eigenvalue weighted by molar-refractivity contribution is -0.180. The molecule has 0 aromatic rings. The van der Waals surface area contributed by atoms with Gasteiger partial charge in [-0.3, -0.25) is 14.4 Å². The summed E-state index contributed by atoms with van der Waals surface area (Å²) in [5.41, 5.74) is -2.04. The minimum absolute atomic E-state index is 0.155. The maximum atomic E-state index is 12.7. The molecule has 0 bridgehead atoms. The number of esters is 2. The van der Waals surface area contributed by atoms with Crippen molar-refractivity contribution in [2.45, 2.75) is 96.4 Å². The molecule has 6 heteroatoms. The number of carbonyl (C=O) groups excluding carboxylic acids is 3. The van der Waals surface area contributed by atoms with Gasteiger partial charge >= 0.3 is 11.9 Å². The number of aliphatic hydroxyl groups is 1. The molecule has 0 saturated heterocycles. The smallest absolute Gasteiger partial charge is 0.303 e. The maximum absolute atomic E-state index is 12.7. The van der Waals surface area contributed by atoms with Crippen LogP contribution in [0.15, 0.2) is 12.2 Å². The van der Waals surface area contributed by atoms with Gasteiger partial charge in [-0.2, -0.15) is 0 Å². The van der Waals surface area contributed by atoms with Crippen molar-refractivity contribution in [3.8, 4) is 0 Å². The van der Waals surface area contributed by atoms with Gasteiger partial charge in [0.25, 0.3) is 0 Å². The summed E-state index contributed by atoms with van der Waals surface area (Å²) in [5, 5.41) is 10.9. The molecule has 1 rings (SSSR count). The quantitative estimate of drug-likeness (QED) is 0.323. The molecule has 0 aliphatic heterocycles. The number of unbranched alkanes of at least 4 members (excludes halogenated alkanes) is 7. The molecular formula is C20H32O6. The van der Waals surface area contributed by atoms with E-state index in [1.807, 2.05) is 0 Å². The Hall–Kier alpha value is -1.69. The number of hydrogen-bond donors (Lipinski definition) is 1. The molecule has 148 valence electrons. The zero-order valence-corrected chi connectivity index (χ0v) is 16.2. The van der Waals surface area contributed by atoms with Crippen molar-refractivity contribution >= 4 is 17.7 Å². The molecular weight excluding hydrogens is 336 g/mol. The lowest BCUT2D eigenvalue weighted by atomic mass is 9.87. The minimum Gasteiger partial charge on any atom is -0.455 e. The first-order valence-corrected chi connectivity index (χ1v) is 9.60. The van der Waals surface area contributed by atoms with E-state index in [0.717, 1.165) is 19.3 Å². The molecule has 0 spiro atoms. The van der Waals surface area contributed by atoms with Crippen LogP contribution in [0.25, 0.3) is 0 Å². The molecule has 6 nitrogen and oxygen atoms in total. The predicted molar refractivity (Wildman–Crippen MR) is 97.4 cm³/mol. The van der Waals surface area contributed by atoms with Gasteiger partial charge < -0.3 is 14.6 Å². The Morgan fingerprint density at radius 2 is 1.27 bits per heavy atom. The van der Waals surface area contributed by atoms with Crippen molar-refractivity contribution in [3.05, 3.63) is 12.2 Å². The topological polar surface area (TPSA) is 89.9 Å². The standard InChI is InChI=1S/C20H32O6/c1-4-5-6-7-8-9-10-11-12-17(23)20(24)18(25-15(2)21)13-14-19(20)26-16(3)22/h13-14,18-19,24H,4-12H2,1-3H3/t18-,19-/m1/s1. The van der Waals surface area contributed by atoms with Gasteiger partial charge in [-0.15, -0.1) is 0 Å². The van der Waals surface area contributed by atoms with Crippen molar-refractivity contribution in [2.24, 2.45) is 0 Å². The summed E-state index contributed by atoms with van der Waals surface area (Å²) in [6, 6.07) is 0. The Kier molecular flexibility index (Phi) is 9.55. The van der Waals surface area contributed by atoms with E-state index in [2.05, 4.69) is 6.92 Å². The third kappa shape index (κ3) is 6.56. The van der Waals surface area contributed by atoms with E-state index in [1.54, 1.807) is 0 Å². The van der Waals surface area contributed by atoms with Gasteiger partial charge in [0.2, 0.25) is 5.60 Å². The van der Waals surface area contributed by atoms with E-state index in [-0.39, 0.29) is 6.42 Å². The maximum Gasteiger partial charge on any atom is 0.303 e. The third-order valence-electron chi connectivity index (χ3n) is 4.62. The summed E-state index contributed by atoms with van der Waals surface area (Å²) >= 11 is 0. The molecule has 0 radical (unpaired) electrons. The molecule has 0 heterocycles. The van der Waals surface area contributed by atoms with Crippen molar-refractivity contribution < 1.29 is 29.0 Å². The van der Waals surface area contributed by atoms with Crippen LogP contribution >= 0.6 is 0 Å². The van der Waals surface area contributed by atoms with Crippen LogP contribution in [0, 0.1) is 0 Å². The van der Waals surface area contributed by atoms with Crippen LogP contribution in [0.3, 0.4) is 0 Å². The molecule has 2 atom stereocenters. The summed E-state index contributed by atoms with van der Waals surface area (Å²) in [4.78, 5) is 35.2. The molecule has 1 N–H and O–H groups in total. The van der Waals surface area contributed by atoms with Crippen LogP contribution < -0.4 is 0 Å². The second-order valence-corrected chi connectivity index (χ2v) is 6.92. The van der Waals surface area contributed by atoms with Crippen LogP contribution in [0.2, 0.25) is 0 Å². The average Bonchev–Trinajstić information content (AvgIpc) is 2.86. The average molecular weight is 368 g/mol. The van der Waals surface area contributed by atoms with Crippen LogP contribution in [-0.2, 0) is 23.9 Å². The van der Waals surface area contributed by atoms with Gasteiger partial charge in [-0.1, -0.05) is 51.9 Å². The molecule has 0 saturated carbocycles. The monoisotopic (exact) mass is 368 g/mol. The van der Waals surface area contributed by atoms with Crippen molar-refractivity contribution in [3.63, 3.8) is 0 Å². The number of carbonyl (C=O) groups is 3. The lowest BCUT2D eigenvalue weighted by Crippen LogP contribution is -2.56. The molecule has 0 fully saturated rings. The predicted octanol–water partition coefficient (Wildman–Crippen LogP) is 3.25. The van der Waals surface area contributed by atoms with E-state index in [1.165, 1.54) is 51.7 Å². The Morgan fingerprint density at radius 1 is 0.846 bits per heavy atom.